The molecule has 14 heavy (non-hydrogen) atoms. The predicted octanol–water partition coefficient (Wildman–Crippen LogP) is 1.75. The summed E-state index contributed by atoms with van der Waals surface area (Å²) >= 11 is 1.52. The van der Waals surface area contributed by atoms with Crippen molar-refractivity contribution < 1.29 is 9.90 Å². The van der Waals surface area contributed by atoms with Gasteiger partial charge >= 0.3 is 5.97 Å². The number of carboxylic acid groups (broad SMARTS) is 1. The number of aliphatic carboxylic acids is 1. The smallest absolute Gasteiger partial charge is 0.303 e. The molecule has 0 aromatic carbocycles. The Morgan fingerprint density at radius 2 is 2.07 bits per heavy atom. The number of rotatable bonds is 5. The van der Waals surface area contributed by atoms with Crippen LogP contribution in [0, 0.1) is 5.92 Å². The molecule has 1 N–H and O–H groups in total. The van der Waals surface area contributed by atoms with Crippen LogP contribution < -0.4 is 0 Å². The molecule has 0 aliphatic heterocycles. The van der Waals surface area contributed by atoms with Gasteiger partial charge in [0, 0.05) is 12.8 Å². The van der Waals surface area contributed by atoms with Crippen LogP contribution in [0.3, 0.4) is 0 Å². The molecule has 1 heterocycles. The van der Waals surface area contributed by atoms with E-state index in [4.69, 9.17) is 5.11 Å². The molecular weight excluding hydrogens is 200 g/mol. The van der Waals surface area contributed by atoms with Gasteiger partial charge in [-0.2, -0.15) is 0 Å². The van der Waals surface area contributed by atoms with E-state index in [9.17, 15) is 4.79 Å². The Bertz CT molecular complexity index is 310. The van der Waals surface area contributed by atoms with E-state index in [0.717, 1.165) is 16.4 Å². The van der Waals surface area contributed by atoms with Crippen LogP contribution in [-0.4, -0.2) is 21.3 Å². The van der Waals surface area contributed by atoms with E-state index < -0.39 is 5.97 Å². The van der Waals surface area contributed by atoms with E-state index in [1.807, 2.05) is 0 Å². The van der Waals surface area contributed by atoms with Crippen molar-refractivity contribution in [3.8, 4) is 0 Å². The minimum atomic E-state index is -0.786. The van der Waals surface area contributed by atoms with Crippen LogP contribution in [0.2, 0.25) is 0 Å². The van der Waals surface area contributed by atoms with Gasteiger partial charge in [0.2, 0.25) is 0 Å². The van der Waals surface area contributed by atoms with Crippen molar-refractivity contribution >= 4 is 17.3 Å². The van der Waals surface area contributed by atoms with Crippen LogP contribution in [0.5, 0.6) is 0 Å². The molecule has 0 spiro atoms. The van der Waals surface area contributed by atoms with Crippen LogP contribution in [-0.2, 0) is 17.6 Å². The zero-order valence-electron chi connectivity index (χ0n) is 8.36. The summed E-state index contributed by atoms with van der Waals surface area (Å²) in [6.07, 6.45) is 1.55. The molecule has 0 aliphatic rings. The molecule has 0 saturated heterocycles. The molecule has 0 amide bonds. The van der Waals surface area contributed by atoms with E-state index in [-0.39, 0.29) is 6.42 Å². The van der Waals surface area contributed by atoms with Crippen molar-refractivity contribution in [2.24, 2.45) is 5.92 Å². The summed E-state index contributed by atoms with van der Waals surface area (Å²) in [6, 6.07) is 0. The second-order valence-electron chi connectivity index (χ2n) is 3.58. The summed E-state index contributed by atoms with van der Waals surface area (Å²) < 4.78 is 0. The number of aromatic nitrogens is 2. The Hall–Kier alpha value is -0.970. The first-order valence-corrected chi connectivity index (χ1v) is 5.42. The first-order chi connectivity index (χ1) is 6.58. The van der Waals surface area contributed by atoms with Gasteiger partial charge in [0.15, 0.2) is 0 Å². The third kappa shape index (κ3) is 3.83. The van der Waals surface area contributed by atoms with Gasteiger partial charge in [-0.3, -0.25) is 4.79 Å². The van der Waals surface area contributed by atoms with Crippen molar-refractivity contribution in [2.45, 2.75) is 33.1 Å². The van der Waals surface area contributed by atoms with E-state index in [2.05, 4.69) is 24.0 Å². The minimum Gasteiger partial charge on any atom is -0.481 e. The van der Waals surface area contributed by atoms with E-state index in [0.29, 0.717) is 12.3 Å². The molecule has 78 valence electrons. The molecule has 0 saturated carbocycles. The fourth-order valence-electron chi connectivity index (χ4n) is 1.03. The SMILES string of the molecule is CC(C)Cc1nnc(CCC(=O)O)s1. The van der Waals surface area contributed by atoms with Crippen LogP contribution in [0.25, 0.3) is 0 Å². The largest absolute Gasteiger partial charge is 0.481 e. The number of carboxylic acids is 1. The highest BCUT2D eigenvalue weighted by molar-refractivity contribution is 7.11. The number of hydrogen-bond acceptors (Lipinski definition) is 4. The molecule has 0 atom stereocenters. The van der Waals surface area contributed by atoms with Crippen LogP contribution in [0.15, 0.2) is 0 Å². The van der Waals surface area contributed by atoms with Crippen molar-refractivity contribution in [2.75, 3.05) is 0 Å². The summed E-state index contributed by atoms with van der Waals surface area (Å²) in [4.78, 5) is 10.3. The summed E-state index contributed by atoms with van der Waals surface area (Å²) in [5, 5.41) is 18.3. The van der Waals surface area contributed by atoms with Gasteiger partial charge in [-0.05, 0) is 5.92 Å². The third-order valence-corrected chi connectivity index (χ3v) is 2.65. The highest BCUT2D eigenvalue weighted by atomic mass is 32.1. The maximum Gasteiger partial charge on any atom is 0.303 e. The summed E-state index contributed by atoms with van der Waals surface area (Å²) in [5.41, 5.74) is 0. The molecular formula is C9H14N2O2S. The lowest BCUT2D eigenvalue weighted by molar-refractivity contribution is -0.136. The third-order valence-electron chi connectivity index (χ3n) is 1.64. The van der Waals surface area contributed by atoms with Crippen molar-refractivity contribution in [3.05, 3.63) is 10.0 Å². The maximum atomic E-state index is 10.3. The second kappa shape index (κ2) is 5.05. The van der Waals surface area contributed by atoms with Gasteiger partial charge in [-0.15, -0.1) is 21.5 Å². The molecule has 0 aliphatic carbocycles. The Kier molecular flexibility index (Phi) is 4.00. The highest BCUT2D eigenvalue weighted by Crippen LogP contribution is 2.15. The van der Waals surface area contributed by atoms with Crippen molar-refractivity contribution in [1.82, 2.24) is 10.2 Å². The quantitative estimate of drug-likeness (QED) is 0.811. The van der Waals surface area contributed by atoms with Gasteiger partial charge in [0.25, 0.3) is 0 Å². The summed E-state index contributed by atoms with van der Waals surface area (Å²) in [6.45, 7) is 4.25. The van der Waals surface area contributed by atoms with Crippen molar-refractivity contribution in [1.29, 1.82) is 0 Å². The lowest BCUT2D eigenvalue weighted by atomic mass is 10.1. The van der Waals surface area contributed by atoms with E-state index >= 15 is 0 Å². The number of aryl methyl sites for hydroxylation is 1. The topological polar surface area (TPSA) is 63.1 Å². The zero-order valence-corrected chi connectivity index (χ0v) is 9.17. The lowest BCUT2D eigenvalue weighted by Crippen LogP contribution is -1.96. The number of hydrogen-bond donors (Lipinski definition) is 1. The molecule has 0 radical (unpaired) electrons. The minimum absolute atomic E-state index is 0.135. The van der Waals surface area contributed by atoms with Crippen LogP contribution in [0.4, 0.5) is 0 Å². The Morgan fingerprint density at radius 1 is 1.43 bits per heavy atom. The molecule has 1 rings (SSSR count). The Morgan fingerprint density at radius 3 is 2.64 bits per heavy atom. The van der Waals surface area contributed by atoms with Gasteiger partial charge in [0.1, 0.15) is 10.0 Å². The average molecular weight is 214 g/mol. The standard InChI is InChI=1S/C9H14N2O2S/c1-6(2)5-8-11-10-7(14-8)3-4-9(12)13/h6H,3-5H2,1-2H3,(H,12,13). The van der Waals surface area contributed by atoms with E-state index in [1.165, 1.54) is 11.3 Å². The zero-order chi connectivity index (χ0) is 10.6. The molecule has 1 aromatic heterocycles. The maximum absolute atomic E-state index is 10.3. The van der Waals surface area contributed by atoms with Gasteiger partial charge in [-0.1, -0.05) is 13.8 Å². The number of nitrogens with zero attached hydrogens (tertiary/aromatic N) is 2. The normalized spacial score (nSPS) is 10.8. The van der Waals surface area contributed by atoms with Gasteiger partial charge in [-0.25, -0.2) is 0 Å². The van der Waals surface area contributed by atoms with Crippen LogP contribution in [0.1, 0.15) is 30.3 Å². The van der Waals surface area contributed by atoms with E-state index in [1.54, 1.807) is 0 Å². The van der Waals surface area contributed by atoms with Crippen molar-refractivity contribution in [3.63, 3.8) is 0 Å². The molecule has 4 nitrogen and oxygen atoms in total. The fourth-order valence-corrected chi connectivity index (χ4v) is 2.09. The molecule has 1 aromatic rings. The molecule has 0 unspecified atom stereocenters. The first-order valence-electron chi connectivity index (χ1n) is 4.61. The van der Waals surface area contributed by atoms with Gasteiger partial charge < -0.3 is 5.11 Å². The second-order valence-corrected chi connectivity index (χ2v) is 4.73. The average Bonchev–Trinajstić information content (AvgIpc) is 2.47. The van der Waals surface area contributed by atoms with Gasteiger partial charge in [0.05, 0.1) is 6.42 Å². The molecule has 0 fully saturated rings. The predicted molar refractivity (Wildman–Crippen MR) is 54.4 cm³/mol. The lowest BCUT2D eigenvalue weighted by Gasteiger charge is -1.96. The number of carbonyl (C=O) groups is 1. The Labute approximate surface area is 87.0 Å². The molecule has 0 bridgehead atoms. The first kappa shape index (κ1) is 11.1. The summed E-state index contributed by atoms with van der Waals surface area (Å²) in [5.74, 6) is -0.221. The monoisotopic (exact) mass is 214 g/mol. The molecule has 5 heteroatoms. The Balaban J connectivity index is 2.46. The summed E-state index contributed by atoms with van der Waals surface area (Å²) in [7, 11) is 0. The fraction of sp³-hybridized carbons (Fsp3) is 0.667. The van der Waals surface area contributed by atoms with Crippen LogP contribution >= 0.6 is 11.3 Å². The highest BCUT2D eigenvalue weighted by Gasteiger charge is 2.07.